The molecule has 0 bridgehead atoms. The van der Waals surface area contributed by atoms with E-state index >= 15 is 0 Å². The fourth-order valence-electron chi connectivity index (χ4n) is 1.46. The van der Waals surface area contributed by atoms with Crippen LogP contribution in [0.25, 0.3) is 0 Å². The summed E-state index contributed by atoms with van der Waals surface area (Å²) < 4.78 is 4.99. The van der Waals surface area contributed by atoms with Gasteiger partial charge in [0.2, 0.25) is 0 Å². The third-order valence-electron chi connectivity index (χ3n) is 2.11. The number of nitrogens with zero attached hydrogens (tertiary/aromatic N) is 1. The van der Waals surface area contributed by atoms with Crippen LogP contribution in [-0.2, 0) is 4.74 Å². The predicted molar refractivity (Wildman–Crippen MR) is 49.9 cm³/mol. The van der Waals surface area contributed by atoms with Crippen molar-refractivity contribution in [2.24, 2.45) is 0 Å². The number of halogens is 1. The molecule has 0 fully saturated rings. The van der Waals surface area contributed by atoms with Crippen LogP contribution in [0.3, 0.4) is 0 Å². The number of hydrogen-bond acceptors (Lipinski definition) is 3. The van der Waals surface area contributed by atoms with E-state index in [2.05, 4.69) is 0 Å². The first-order valence-corrected chi connectivity index (χ1v) is 4.51. The molecule has 4 heteroatoms. The minimum atomic E-state index is -0.831. The number of alkyl halides is 1. The number of cyclic esters (lactones) is 1. The zero-order valence-electron chi connectivity index (χ0n) is 7.11. The van der Waals surface area contributed by atoms with Crippen LogP contribution in [0.5, 0.6) is 0 Å². The molecule has 1 aliphatic heterocycles. The third-order valence-corrected chi connectivity index (χ3v) is 2.44. The van der Waals surface area contributed by atoms with Crippen LogP contribution in [-0.4, -0.2) is 11.3 Å². The minimum Gasteiger partial charge on any atom is -0.451 e. The Balaban J connectivity index is 2.45. The first-order chi connectivity index (χ1) is 6.74. The summed E-state index contributed by atoms with van der Waals surface area (Å²) in [5.41, 5.74) is 1.19. The van der Waals surface area contributed by atoms with E-state index in [9.17, 15) is 4.79 Å². The van der Waals surface area contributed by atoms with Crippen molar-refractivity contribution in [3.05, 3.63) is 35.4 Å². The van der Waals surface area contributed by atoms with Gasteiger partial charge < -0.3 is 4.74 Å². The van der Waals surface area contributed by atoms with Gasteiger partial charge in [-0.15, -0.1) is 11.6 Å². The van der Waals surface area contributed by atoms with Gasteiger partial charge in [-0.05, 0) is 6.07 Å². The number of carbonyl (C=O) groups is 1. The molecule has 2 unspecified atom stereocenters. The third kappa shape index (κ3) is 1.24. The van der Waals surface area contributed by atoms with Gasteiger partial charge in [-0.2, -0.15) is 5.26 Å². The van der Waals surface area contributed by atoms with E-state index in [4.69, 9.17) is 21.6 Å². The largest absolute Gasteiger partial charge is 0.451 e. The molecule has 0 aliphatic carbocycles. The van der Waals surface area contributed by atoms with E-state index in [0.717, 1.165) is 0 Å². The van der Waals surface area contributed by atoms with Gasteiger partial charge in [-0.25, -0.2) is 4.79 Å². The quantitative estimate of drug-likeness (QED) is 0.523. The lowest BCUT2D eigenvalue weighted by molar-refractivity contribution is 0.0401. The number of rotatable bonds is 1. The molecule has 14 heavy (non-hydrogen) atoms. The maximum atomic E-state index is 11.3. The molecule has 0 amide bonds. The van der Waals surface area contributed by atoms with Crippen LogP contribution < -0.4 is 0 Å². The Bertz CT molecular complexity index is 424. The highest BCUT2D eigenvalue weighted by Gasteiger charge is 2.35. The number of fused-ring (bicyclic) bond motifs is 1. The van der Waals surface area contributed by atoms with Gasteiger partial charge in [-0.3, -0.25) is 0 Å². The molecular weight excluding hydrogens is 202 g/mol. The molecule has 0 N–H and O–H groups in total. The lowest BCUT2D eigenvalue weighted by atomic mass is 10.0. The summed E-state index contributed by atoms with van der Waals surface area (Å²) in [4.78, 5) is 11.3. The zero-order chi connectivity index (χ0) is 10.1. The topological polar surface area (TPSA) is 50.1 Å². The Morgan fingerprint density at radius 2 is 2.21 bits per heavy atom. The maximum Gasteiger partial charge on any atom is 0.339 e. The second-order valence-corrected chi connectivity index (χ2v) is 3.41. The van der Waals surface area contributed by atoms with E-state index in [-0.39, 0.29) is 0 Å². The van der Waals surface area contributed by atoms with Gasteiger partial charge in [0, 0.05) is 5.56 Å². The average Bonchev–Trinajstić information content (AvgIpc) is 2.56. The van der Waals surface area contributed by atoms with Crippen molar-refractivity contribution in [1.29, 1.82) is 5.26 Å². The van der Waals surface area contributed by atoms with Gasteiger partial charge in [0.1, 0.15) is 0 Å². The van der Waals surface area contributed by atoms with Crippen LogP contribution >= 0.6 is 11.6 Å². The predicted octanol–water partition coefficient (Wildman–Crippen LogP) is 2.03. The zero-order valence-corrected chi connectivity index (χ0v) is 7.86. The van der Waals surface area contributed by atoms with E-state index < -0.39 is 17.5 Å². The first kappa shape index (κ1) is 9.04. The van der Waals surface area contributed by atoms with Gasteiger partial charge in [0.15, 0.2) is 11.5 Å². The normalized spacial score (nSPS) is 20.9. The highest BCUT2D eigenvalue weighted by molar-refractivity contribution is 6.23. The average molecular weight is 208 g/mol. The van der Waals surface area contributed by atoms with Crippen LogP contribution in [0.15, 0.2) is 24.3 Å². The smallest absolute Gasteiger partial charge is 0.339 e. The summed E-state index contributed by atoms with van der Waals surface area (Å²) in [6.07, 6.45) is -0.634. The molecule has 2 atom stereocenters. The van der Waals surface area contributed by atoms with E-state index in [0.29, 0.717) is 11.1 Å². The van der Waals surface area contributed by atoms with Crippen LogP contribution in [0.2, 0.25) is 0 Å². The Morgan fingerprint density at radius 3 is 2.93 bits per heavy atom. The standard InChI is InChI=1S/C10H6ClNO2/c11-8(5-12)9-6-3-1-2-4-7(6)10(13)14-9/h1-4,8-9H. The Kier molecular flexibility index (Phi) is 2.14. The van der Waals surface area contributed by atoms with E-state index in [1.165, 1.54) is 0 Å². The van der Waals surface area contributed by atoms with Crippen molar-refractivity contribution in [3.8, 4) is 6.07 Å². The molecular formula is C10H6ClNO2. The van der Waals surface area contributed by atoms with Gasteiger partial charge in [0.05, 0.1) is 11.6 Å². The first-order valence-electron chi connectivity index (χ1n) is 4.07. The minimum absolute atomic E-state index is 0.411. The number of nitriles is 1. The molecule has 0 saturated carbocycles. The van der Waals surface area contributed by atoms with Crippen molar-refractivity contribution in [1.82, 2.24) is 0 Å². The molecule has 70 valence electrons. The Hall–Kier alpha value is -1.53. The molecule has 1 aromatic rings. The molecule has 0 saturated heterocycles. The van der Waals surface area contributed by atoms with E-state index in [1.807, 2.05) is 6.07 Å². The maximum absolute atomic E-state index is 11.3. The number of esters is 1. The Morgan fingerprint density at radius 1 is 1.50 bits per heavy atom. The summed E-state index contributed by atoms with van der Waals surface area (Å²) >= 11 is 5.73. The molecule has 0 radical (unpaired) electrons. The summed E-state index contributed by atoms with van der Waals surface area (Å²) in [5, 5.41) is 7.80. The summed E-state index contributed by atoms with van der Waals surface area (Å²) in [5.74, 6) is -0.411. The van der Waals surface area contributed by atoms with Crippen molar-refractivity contribution >= 4 is 17.6 Å². The van der Waals surface area contributed by atoms with Crippen LogP contribution in [0, 0.1) is 11.3 Å². The van der Waals surface area contributed by atoms with Gasteiger partial charge in [-0.1, -0.05) is 18.2 Å². The lowest BCUT2D eigenvalue weighted by Gasteiger charge is -2.09. The van der Waals surface area contributed by atoms with Crippen molar-refractivity contribution in [2.75, 3.05) is 0 Å². The monoisotopic (exact) mass is 207 g/mol. The molecule has 2 rings (SSSR count). The molecule has 0 aromatic heterocycles. The molecule has 1 heterocycles. The summed E-state index contributed by atoms with van der Waals surface area (Å²) in [6.45, 7) is 0. The number of carbonyl (C=O) groups excluding carboxylic acids is 1. The van der Waals surface area contributed by atoms with Gasteiger partial charge in [0.25, 0.3) is 0 Å². The van der Waals surface area contributed by atoms with Crippen molar-refractivity contribution in [3.63, 3.8) is 0 Å². The van der Waals surface area contributed by atoms with E-state index in [1.54, 1.807) is 24.3 Å². The highest BCUT2D eigenvalue weighted by Crippen LogP contribution is 2.34. The second-order valence-electron chi connectivity index (χ2n) is 2.94. The molecule has 3 nitrogen and oxygen atoms in total. The van der Waals surface area contributed by atoms with Gasteiger partial charge >= 0.3 is 5.97 Å². The molecule has 0 spiro atoms. The summed E-state index contributed by atoms with van der Waals surface area (Å²) in [7, 11) is 0. The molecule has 1 aliphatic rings. The molecule has 1 aromatic carbocycles. The van der Waals surface area contributed by atoms with Crippen molar-refractivity contribution in [2.45, 2.75) is 11.5 Å². The summed E-state index contributed by atoms with van der Waals surface area (Å²) in [6, 6.07) is 8.80. The number of hydrogen-bond donors (Lipinski definition) is 0. The van der Waals surface area contributed by atoms with Crippen LogP contribution in [0.4, 0.5) is 0 Å². The Labute approximate surface area is 85.9 Å². The number of ether oxygens (including phenoxy) is 1. The number of benzene rings is 1. The highest BCUT2D eigenvalue weighted by atomic mass is 35.5. The van der Waals surface area contributed by atoms with Crippen molar-refractivity contribution < 1.29 is 9.53 Å². The fraction of sp³-hybridized carbons (Fsp3) is 0.200. The fourth-order valence-corrected chi connectivity index (χ4v) is 1.65. The second kappa shape index (κ2) is 3.32. The van der Waals surface area contributed by atoms with Crippen LogP contribution in [0.1, 0.15) is 22.0 Å². The lowest BCUT2D eigenvalue weighted by Crippen LogP contribution is -2.10. The SMILES string of the molecule is N#CC(Cl)C1OC(=O)c2ccccc21.